The Morgan fingerprint density at radius 1 is 0.957 bits per heavy atom. The molecule has 0 aliphatic heterocycles. The zero-order valence-electron chi connectivity index (χ0n) is 13.1. The van der Waals surface area contributed by atoms with Crippen LogP contribution in [-0.4, -0.2) is 20.5 Å². The minimum Gasteiger partial charge on any atom is -0.368 e. The molecule has 4 nitrogen and oxygen atoms in total. The van der Waals surface area contributed by atoms with Gasteiger partial charge in [0, 0.05) is 5.75 Å². The Balaban J connectivity index is 1.65. The normalized spacial score (nSPS) is 10.8. The molecule has 3 rings (SSSR count). The Morgan fingerprint density at radius 3 is 2.43 bits per heavy atom. The molecule has 0 unspecified atom stereocenters. The summed E-state index contributed by atoms with van der Waals surface area (Å²) in [6.45, 7) is 2.79. The van der Waals surface area contributed by atoms with E-state index < -0.39 is 0 Å². The Labute approximate surface area is 140 Å². The molecule has 2 aromatic carbocycles. The van der Waals surface area contributed by atoms with Gasteiger partial charge in [0.15, 0.2) is 5.16 Å². The first-order valence-corrected chi connectivity index (χ1v) is 8.62. The summed E-state index contributed by atoms with van der Waals surface area (Å²) in [5.74, 6) is 1.42. The summed E-state index contributed by atoms with van der Waals surface area (Å²) in [7, 11) is 0. The van der Waals surface area contributed by atoms with Gasteiger partial charge in [0.2, 0.25) is 5.95 Å². The van der Waals surface area contributed by atoms with Gasteiger partial charge < -0.3 is 5.73 Å². The fraction of sp³-hybridized carbons (Fsp3) is 0.222. The van der Waals surface area contributed by atoms with Gasteiger partial charge in [-0.25, -0.2) is 0 Å². The van der Waals surface area contributed by atoms with Crippen LogP contribution in [0.1, 0.15) is 16.7 Å². The number of nitrogens with two attached hydrogens (primary N) is 1. The molecular weight excluding hydrogens is 304 g/mol. The summed E-state index contributed by atoms with van der Waals surface area (Å²) in [4.78, 5) is 0. The number of thioether (sulfide) groups is 1. The van der Waals surface area contributed by atoms with Crippen molar-refractivity contribution in [3.8, 4) is 0 Å². The van der Waals surface area contributed by atoms with Crippen LogP contribution in [0.4, 0.5) is 5.95 Å². The van der Waals surface area contributed by atoms with E-state index in [0.717, 1.165) is 17.3 Å². The van der Waals surface area contributed by atoms with Crippen LogP contribution in [0.15, 0.2) is 59.8 Å². The molecule has 1 heterocycles. The number of benzene rings is 2. The van der Waals surface area contributed by atoms with Crippen molar-refractivity contribution < 1.29 is 0 Å². The third kappa shape index (κ3) is 4.13. The zero-order valence-corrected chi connectivity index (χ0v) is 14.0. The quantitative estimate of drug-likeness (QED) is 0.705. The first-order chi connectivity index (χ1) is 11.2. The molecular formula is C18H20N4S. The SMILES string of the molecule is Cc1ccc(Cn2c(N)nnc2SCCc2ccccc2)cc1. The lowest BCUT2D eigenvalue weighted by Gasteiger charge is -2.08. The molecule has 1 aromatic heterocycles. The summed E-state index contributed by atoms with van der Waals surface area (Å²) in [6.07, 6.45) is 1.00. The highest BCUT2D eigenvalue weighted by molar-refractivity contribution is 7.99. The number of anilines is 1. The van der Waals surface area contributed by atoms with Gasteiger partial charge in [0.25, 0.3) is 0 Å². The number of nitrogens with zero attached hydrogens (tertiary/aromatic N) is 3. The van der Waals surface area contributed by atoms with Crippen molar-refractivity contribution in [2.24, 2.45) is 0 Å². The van der Waals surface area contributed by atoms with Crippen molar-refractivity contribution in [2.45, 2.75) is 25.0 Å². The Hall–Kier alpha value is -2.27. The molecule has 5 heteroatoms. The summed E-state index contributed by atoms with van der Waals surface area (Å²) in [5, 5.41) is 9.11. The first kappa shape index (κ1) is 15.6. The van der Waals surface area contributed by atoms with E-state index in [9.17, 15) is 0 Å². The lowest BCUT2D eigenvalue weighted by molar-refractivity contribution is 0.716. The van der Waals surface area contributed by atoms with Gasteiger partial charge in [-0.1, -0.05) is 71.9 Å². The van der Waals surface area contributed by atoms with Crippen molar-refractivity contribution in [3.63, 3.8) is 0 Å². The highest BCUT2D eigenvalue weighted by Crippen LogP contribution is 2.21. The van der Waals surface area contributed by atoms with Crippen LogP contribution in [0.5, 0.6) is 0 Å². The molecule has 0 bridgehead atoms. The molecule has 118 valence electrons. The van der Waals surface area contributed by atoms with E-state index >= 15 is 0 Å². The maximum absolute atomic E-state index is 5.98. The van der Waals surface area contributed by atoms with E-state index in [1.807, 2.05) is 10.6 Å². The molecule has 23 heavy (non-hydrogen) atoms. The predicted octanol–water partition coefficient (Wildman–Crippen LogP) is 3.55. The molecule has 0 aliphatic carbocycles. The maximum atomic E-state index is 5.98. The van der Waals surface area contributed by atoms with Crippen LogP contribution in [0.25, 0.3) is 0 Å². The molecule has 0 aliphatic rings. The maximum Gasteiger partial charge on any atom is 0.222 e. The van der Waals surface area contributed by atoms with Crippen molar-refractivity contribution in [1.29, 1.82) is 0 Å². The molecule has 0 amide bonds. The lowest BCUT2D eigenvalue weighted by Crippen LogP contribution is -2.06. The van der Waals surface area contributed by atoms with Crippen LogP contribution in [0.3, 0.4) is 0 Å². The second-order valence-corrected chi connectivity index (χ2v) is 6.56. The summed E-state index contributed by atoms with van der Waals surface area (Å²) >= 11 is 1.69. The van der Waals surface area contributed by atoms with E-state index in [1.165, 1.54) is 16.7 Å². The highest BCUT2D eigenvalue weighted by Gasteiger charge is 2.10. The Bertz CT molecular complexity index is 750. The van der Waals surface area contributed by atoms with Crippen molar-refractivity contribution in [2.75, 3.05) is 11.5 Å². The lowest BCUT2D eigenvalue weighted by atomic mass is 10.1. The summed E-state index contributed by atoms with van der Waals surface area (Å²) in [5.41, 5.74) is 9.76. The smallest absolute Gasteiger partial charge is 0.222 e. The van der Waals surface area contributed by atoms with E-state index in [2.05, 4.69) is 65.7 Å². The molecule has 0 atom stereocenters. The standard InChI is InChI=1S/C18H20N4S/c1-14-7-9-16(10-8-14)13-22-17(19)20-21-18(22)23-12-11-15-5-3-2-4-6-15/h2-10H,11-13H2,1H3,(H2,19,20). The van der Waals surface area contributed by atoms with Crippen LogP contribution in [0.2, 0.25) is 0 Å². The van der Waals surface area contributed by atoms with Crippen LogP contribution >= 0.6 is 11.8 Å². The molecule has 2 N–H and O–H groups in total. The van der Waals surface area contributed by atoms with Crippen molar-refractivity contribution in [3.05, 3.63) is 71.3 Å². The fourth-order valence-corrected chi connectivity index (χ4v) is 3.27. The summed E-state index contributed by atoms with van der Waals surface area (Å²) < 4.78 is 1.97. The van der Waals surface area contributed by atoms with Gasteiger partial charge >= 0.3 is 0 Å². The number of aromatic nitrogens is 3. The van der Waals surface area contributed by atoms with E-state index in [1.54, 1.807) is 11.8 Å². The van der Waals surface area contributed by atoms with Gasteiger partial charge in [-0.2, -0.15) is 0 Å². The molecule has 0 saturated carbocycles. The number of rotatable bonds is 6. The highest BCUT2D eigenvalue weighted by atomic mass is 32.2. The third-order valence-electron chi connectivity index (χ3n) is 3.67. The monoisotopic (exact) mass is 324 g/mol. The second-order valence-electron chi connectivity index (χ2n) is 5.50. The first-order valence-electron chi connectivity index (χ1n) is 7.63. The minimum absolute atomic E-state index is 0.466. The predicted molar refractivity (Wildman–Crippen MR) is 95.6 cm³/mol. The van der Waals surface area contributed by atoms with Gasteiger partial charge in [-0.15, -0.1) is 10.2 Å². The topological polar surface area (TPSA) is 56.7 Å². The van der Waals surface area contributed by atoms with E-state index in [-0.39, 0.29) is 0 Å². The molecule has 0 saturated heterocycles. The fourth-order valence-electron chi connectivity index (χ4n) is 2.34. The molecule has 3 aromatic rings. The largest absolute Gasteiger partial charge is 0.368 e. The van der Waals surface area contributed by atoms with Gasteiger partial charge in [0.05, 0.1) is 6.54 Å². The Morgan fingerprint density at radius 2 is 1.70 bits per heavy atom. The Kier molecular flexibility index (Phi) is 4.98. The molecule has 0 radical (unpaired) electrons. The van der Waals surface area contributed by atoms with Crippen LogP contribution in [0, 0.1) is 6.92 Å². The second kappa shape index (κ2) is 7.33. The van der Waals surface area contributed by atoms with E-state index in [0.29, 0.717) is 12.5 Å². The average Bonchev–Trinajstić information content (AvgIpc) is 2.91. The van der Waals surface area contributed by atoms with E-state index in [4.69, 9.17) is 5.73 Å². The number of aryl methyl sites for hydroxylation is 2. The van der Waals surface area contributed by atoms with Crippen LogP contribution < -0.4 is 5.73 Å². The van der Waals surface area contributed by atoms with Gasteiger partial charge in [-0.05, 0) is 24.5 Å². The number of hydrogen-bond acceptors (Lipinski definition) is 4. The number of nitrogen functional groups attached to an aromatic ring is 1. The molecule has 0 fully saturated rings. The minimum atomic E-state index is 0.466. The summed E-state index contributed by atoms with van der Waals surface area (Å²) in [6, 6.07) is 18.9. The van der Waals surface area contributed by atoms with Gasteiger partial charge in [-0.3, -0.25) is 4.57 Å². The van der Waals surface area contributed by atoms with Gasteiger partial charge in [0.1, 0.15) is 0 Å². The zero-order chi connectivity index (χ0) is 16.1. The third-order valence-corrected chi connectivity index (χ3v) is 4.64. The van der Waals surface area contributed by atoms with Crippen molar-refractivity contribution >= 4 is 17.7 Å². The van der Waals surface area contributed by atoms with Crippen molar-refractivity contribution in [1.82, 2.24) is 14.8 Å². The average molecular weight is 324 g/mol. The molecule has 0 spiro atoms. The van der Waals surface area contributed by atoms with Crippen LogP contribution in [-0.2, 0) is 13.0 Å². The number of hydrogen-bond donors (Lipinski definition) is 1.